The van der Waals surface area contributed by atoms with Crippen LogP contribution in [0.1, 0.15) is 23.9 Å². The summed E-state index contributed by atoms with van der Waals surface area (Å²) >= 11 is 9.10. The van der Waals surface area contributed by atoms with Gasteiger partial charge in [-0.05, 0) is 67.3 Å². The molecule has 2 aliphatic rings. The number of thioether (sulfide) groups is 2. The highest BCUT2D eigenvalue weighted by atomic mass is 35.5. The zero-order valence-electron chi connectivity index (χ0n) is 17.4. The Labute approximate surface area is 193 Å². The minimum atomic E-state index is -0.438. The summed E-state index contributed by atoms with van der Waals surface area (Å²) in [6.07, 6.45) is 1.70. The molecule has 1 N–H and O–H groups in total. The van der Waals surface area contributed by atoms with E-state index in [1.165, 1.54) is 16.8 Å². The number of amides is 1. The number of nitrogens with one attached hydrogen (secondary N) is 1. The highest BCUT2D eigenvalue weighted by Crippen LogP contribution is 2.34. The Hall–Kier alpha value is -2.49. The Kier molecular flexibility index (Phi) is 6.00. The van der Waals surface area contributed by atoms with Crippen molar-refractivity contribution in [3.05, 3.63) is 51.8 Å². The highest BCUT2D eigenvalue weighted by Gasteiger charge is 2.35. The van der Waals surface area contributed by atoms with Crippen molar-refractivity contribution in [3.8, 4) is 11.4 Å². The molecule has 0 spiro atoms. The first-order chi connectivity index (χ1) is 14.8. The van der Waals surface area contributed by atoms with E-state index >= 15 is 0 Å². The smallest absolute Gasteiger partial charge is 0.283 e. The normalized spacial score (nSPS) is 17.2. The van der Waals surface area contributed by atoms with E-state index in [9.17, 15) is 4.79 Å². The molecular weight excluding hydrogens is 454 g/mol. The van der Waals surface area contributed by atoms with E-state index in [0.29, 0.717) is 15.9 Å². The lowest BCUT2D eigenvalue weighted by atomic mass is 10.1. The molecule has 0 fully saturated rings. The van der Waals surface area contributed by atoms with E-state index in [1.807, 2.05) is 43.5 Å². The molecule has 0 atom stereocenters. The lowest BCUT2D eigenvalue weighted by Gasteiger charge is -2.20. The molecule has 160 valence electrons. The maximum Gasteiger partial charge on any atom is 0.283 e. The minimum Gasteiger partial charge on any atom is -0.495 e. The lowest BCUT2D eigenvalue weighted by Crippen LogP contribution is -2.35. The van der Waals surface area contributed by atoms with Crippen LogP contribution < -0.4 is 4.74 Å². The Balaban J connectivity index is 1.76. The van der Waals surface area contributed by atoms with Crippen LogP contribution in [0.5, 0.6) is 5.75 Å². The van der Waals surface area contributed by atoms with E-state index in [0.717, 1.165) is 32.8 Å². The largest absolute Gasteiger partial charge is 0.495 e. The average molecular weight is 474 g/mol. The number of amidine groups is 2. The van der Waals surface area contributed by atoms with Crippen LogP contribution in [0.4, 0.5) is 0 Å². The fourth-order valence-corrected chi connectivity index (χ4v) is 5.45. The summed E-state index contributed by atoms with van der Waals surface area (Å²) in [7, 11) is 1.61. The number of carbonyl (C=O) groups excluding carboxylic acids is 1. The Morgan fingerprint density at radius 3 is 2.81 bits per heavy atom. The molecule has 2 aromatic rings. The first kappa shape index (κ1) is 21.7. The molecule has 0 unspecified atom stereocenters. The van der Waals surface area contributed by atoms with Gasteiger partial charge in [-0.3, -0.25) is 10.2 Å². The Morgan fingerprint density at radius 1 is 1.32 bits per heavy atom. The summed E-state index contributed by atoms with van der Waals surface area (Å²) in [5, 5.41) is 15.4. The van der Waals surface area contributed by atoms with Gasteiger partial charge in [-0.2, -0.15) is 10.0 Å². The second kappa shape index (κ2) is 8.57. The van der Waals surface area contributed by atoms with Gasteiger partial charge in [0.1, 0.15) is 5.75 Å². The molecule has 31 heavy (non-hydrogen) atoms. The van der Waals surface area contributed by atoms with Gasteiger partial charge in [-0.15, -0.1) is 5.10 Å². The zero-order valence-corrected chi connectivity index (χ0v) is 19.8. The van der Waals surface area contributed by atoms with Gasteiger partial charge in [-0.25, -0.2) is 0 Å². The van der Waals surface area contributed by atoms with Gasteiger partial charge in [0.25, 0.3) is 5.91 Å². The van der Waals surface area contributed by atoms with Crippen LogP contribution in [0, 0.1) is 19.3 Å². The fourth-order valence-electron chi connectivity index (χ4n) is 3.45. The molecule has 0 aliphatic carbocycles. The van der Waals surface area contributed by atoms with Crippen LogP contribution in [0.25, 0.3) is 11.8 Å². The topological polar surface area (TPSA) is 83.0 Å². The second-order valence-corrected chi connectivity index (χ2v) is 9.70. The number of fused-ring (bicyclic) bond motifs is 1. The number of benzene rings is 1. The van der Waals surface area contributed by atoms with Crippen molar-refractivity contribution in [1.29, 1.82) is 5.41 Å². The van der Waals surface area contributed by atoms with Gasteiger partial charge in [0.15, 0.2) is 10.2 Å². The molecule has 1 amide bonds. The van der Waals surface area contributed by atoms with Gasteiger partial charge >= 0.3 is 0 Å². The van der Waals surface area contributed by atoms with E-state index in [-0.39, 0.29) is 11.4 Å². The number of hydrogen-bond acceptors (Lipinski definition) is 6. The lowest BCUT2D eigenvalue weighted by molar-refractivity contribution is -0.114. The quantitative estimate of drug-likeness (QED) is 0.625. The first-order valence-corrected chi connectivity index (χ1v) is 11.7. The van der Waals surface area contributed by atoms with Gasteiger partial charge in [0, 0.05) is 16.4 Å². The van der Waals surface area contributed by atoms with Crippen molar-refractivity contribution in [1.82, 2.24) is 9.58 Å². The maximum absolute atomic E-state index is 12.7. The number of nitrogens with zero attached hydrogens (tertiary/aromatic N) is 4. The van der Waals surface area contributed by atoms with Crippen LogP contribution in [0.3, 0.4) is 0 Å². The standard InChI is InChI=1S/C21H20ClN5O2S2/c1-5-30-21-25-27-18(23)15(19(28)24-20(27)31-21)9-13-8-11(2)26(12(13)3)16-10-14(22)6-7-17(16)29-4/h6-10,23H,5H2,1-4H3/b15-9+,23-18?. The van der Waals surface area contributed by atoms with Gasteiger partial charge in [-0.1, -0.05) is 30.3 Å². The molecule has 0 saturated heterocycles. The van der Waals surface area contributed by atoms with Crippen LogP contribution in [-0.2, 0) is 4.79 Å². The number of aliphatic imine (C=N–C) groups is 1. The highest BCUT2D eigenvalue weighted by molar-refractivity contribution is 8.45. The predicted octanol–water partition coefficient (Wildman–Crippen LogP) is 5.09. The molecule has 4 rings (SSSR count). The van der Waals surface area contributed by atoms with Crippen molar-refractivity contribution in [2.24, 2.45) is 10.1 Å². The summed E-state index contributed by atoms with van der Waals surface area (Å²) < 4.78 is 8.31. The van der Waals surface area contributed by atoms with E-state index in [2.05, 4.69) is 10.1 Å². The van der Waals surface area contributed by atoms with Gasteiger partial charge in [0.2, 0.25) is 5.17 Å². The van der Waals surface area contributed by atoms with Crippen LogP contribution in [0.15, 0.2) is 39.9 Å². The molecule has 1 aromatic carbocycles. The van der Waals surface area contributed by atoms with Crippen molar-refractivity contribution < 1.29 is 9.53 Å². The number of hydrazone groups is 1. The number of aromatic nitrogens is 1. The third-order valence-electron chi connectivity index (χ3n) is 4.86. The Morgan fingerprint density at radius 2 is 2.10 bits per heavy atom. The monoisotopic (exact) mass is 473 g/mol. The van der Waals surface area contributed by atoms with E-state index in [4.69, 9.17) is 21.7 Å². The molecule has 7 nitrogen and oxygen atoms in total. The van der Waals surface area contributed by atoms with Gasteiger partial charge < -0.3 is 9.30 Å². The third-order valence-corrected chi connectivity index (χ3v) is 7.01. The molecule has 3 heterocycles. The van der Waals surface area contributed by atoms with Crippen molar-refractivity contribution in [3.63, 3.8) is 0 Å². The molecule has 0 radical (unpaired) electrons. The fraction of sp³-hybridized carbons (Fsp3) is 0.238. The SMILES string of the molecule is CCSC1=NN2C(=N)/C(=C\c3cc(C)n(-c4cc(Cl)ccc4OC)c3C)C(=O)N=C2S1. The minimum absolute atomic E-state index is 0.0272. The zero-order chi connectivity index (χ0) is 22.3. The number of rotatable bonds is 4. The van der Waals surface area contributed by atoms with Gasteiger partial charge in [0.05, 0.1) is 18.4 Å². The number of methoxy groups -OCH3 is 1. The summed E-state index contributed by atoms with van der Waals surface area (Å²) in [5.74, 6) is 1.13. The van der Waals surface area contributed by atoms with Crippen molar-refractivity contribution in [2.75, 3.05) is 12.9 Å². The maximum atomic E-state index is 12.7. The molecule has 0 bridgehead atoms. The predicted molar refractivity (Wildman–Crippen MR) is 130 cm³/mol. The molecule has 0 saturated carbocycles. The first-order valence-electron chi connectivity index (χ1n) is 9.50. The summed E-state index contributed by atoms with van der Waals surface area (Å²) in [6, 6.07) is 7.39. The van der Waals surface area contributed by atoms with Crippen LogP contribution in [-0.4, -0.2) is 43.7 Å². The Bertz CT molecular complexity index is 1200. The van der Waals surface area contributed by atoms with Crippen molar-refractivity contribution in [2.45, 2.75) is 20.8 Å². The van der Waals surface area contributed by atoms with Crippen molar-refractivity contribution >= 4 is 62.5 Å². The summed E-state index contributed by atoms with van der Waals surface area (Å²) in [4.78, 5) is 16.8. The number of hydrogen-bond donors (Lipinski definition) is 1. The average Bonchev–Trinajstić information content (AvgIpc) is 3.25. The molecule has 1 aromatic heterocycles. The van der Waals surface area contributed by atoms with Crippen LogP contribution >= 0.6 is 35.1 Å². The second-order valence-electron chi connectivity index (χ2n) is 6.80. The summed E-state index contributed by atoms with van der Waals surface area (Å²) in [5.41, 5.74) is 3.66. The van der Waals surface area contributed by atoms with E-state index in [1.54, 1.807) is 31.0 Å². The van der Waals surface area contributed by atoms with Crippen LogP contribution in [0.2, 0.25) is 5.02 Å². The molecule has 2 aliphatic heterocycles. The number of halogens is 1. The number of aryl methyl sites for hydroxylation is 1. The number of carbonyl (C=O) groups is 1. The molecule has 10 heteroatoms. The molecular formula is C21H20ClN5O2S2. The number of ether oxygens (including phenoxy) is 1. The van der Waals surface area contributed by atoms with E-state index < -0.39 is 5.91 Å². The third kappa shape index (κ3) is 3.93. The summed E-state index contributed by atoms with van der Waals surface area (Å²) in [6.45, 7) is 5.94.